The minimum atomic E-state index is -6.80. The highest BCUT2D eigenvalue weighted by Gasteiger charge is 2.87. The van der Waals surface area contributed by atoms with Crippen LogP contribution in [0.2, 0.25) is 0 Å². The van der Waals surface area contributed by atoms with Crippen molar-refractivity contribution in [1.29, 1.82) is 0 Å². The minimum Gasteiger partial charge on any atom is -0.218 e. The van der Waals surface area contributed by atoms with Crippen LogP contribution in [0.1, 0.15) is 6.92 Å². The van der Waals surface area contributed by atoms with Crippen molar-refractivity contribution in [3.05, 3.63) is 0 Å². The predicted molar refractivity (Wildman–Crippen MR) is 45.3 cm³/mol. The molecule has 19 heavy (non-hydrogen) atoms. The highest BCUT2D eigenvalue weighted by molar-refractivity contribution is 8.06. The Balaban J connectivity index is 3.92. The maximum atomic E-state index is 13.4. The van der Waals surface area contributed by atoms with Gasteiger partial charge in [-0.2, -0.15) is 26.3 Å². The Morgan fingerprint density at radius 1 is 0.737 bits per heavy atom. The van der Waals surface area contributed by atoms with Crippen LogP contribution in [0.5, 0.6) is 0 Å². The second-order valence-corrected chi connectivity index (χ2v) is 7.63. The van der Waals surface area contributed by atoms with Crippen molar-refractivity contribution in [2.24, 2.45) is 0 Å². The van der Waals surface area contributed by atoms with Crippen molar-refractivity contribution in [3.8, 4) is 0 Å². The van der Waals surface area contributed by atoms with Gasteiger partial charge in [0.1, 0.15) is 0 Å². The van der Waals surface area contributed by atoms with Gasteiger partial charge in [0, 0.05) is 0 Å². The van der Waals surface area contributed by atoms with Gasteiger partial charge in [-0.05, 0) is 6.92 Å². The molecule has 0 aliphatic carbocycles. The predicted octanol–water partition coefficient (Wildman–Crippen LogP) is 0.798. The van der Waals surface area contributed by atoms with Crippen molar-refractivity contribution >= 4 is 20.0 Å². The summed E-state index contributed by atoms with van der Waals surface area (Å²) < 4.78 is 134. The van der Waals surface area contributed by atoms with E-state index in [0.29, 0.717) is 0 Å². The fourth-order valence-electron chi connectivity index (χ4n) is 1.08. The van der Waals surface area contributed by atoms with Gasteiger partial charge in [-0.1, -0.05) is 0 Å². The number of alkyl halides is 7. The maximum Gasteiger partial charge on any atom is 0.427 e. The molecular weight excluding hydrogens is 335 g/mol. The summed E-state index contributed by atoms with van der Waals surface area (Å²) in [4.78, 5) is 0. The van der Waals surface area contributed by atoms with Crippen LogP contribution in [0, 0.1) is 0 Å². The number of halogens is 7. The normalized spacial score (nSPS) is 38.3. The van der Waals surface area contributed by atoms with E-state index < -0.39 is 49.1 Å². The summed E-state index contributed by atoms with van der Waals surface area (Å²) >= 11 is 0. The summed E-state index contributed by atoms with van der Waals surface area (Å²) in [5.74, 6) is -13.3. The molecule has 1 heterocycles. The first kappa shape index (κ1) is 16.4. The molecule has 1 saturated heterocycles. The first-order chi connectivity index (χ1) is 7.96. The number of nitrogens with one attached hydrogen (secondary N) is 1. The second kappa shape index (κ2) is 3.52. The third-order valence-corrected chi connectivity index (χ3v) is 6.33. The van der Waals surface area contributed by atoms with Crippen LogP contribution < -0.4 is 4.13 Å². The van der Waals surface area contributed by atoms with Gasteiger partial charge in [0.15, 0.2) is 0 Å². The first-order valence-corrected chi connectivity index (χ1v) is 7.02. The lowest BCUT2D eigenvalue weighted by atomic mass is 10.1. The molecule has 0 aromatic rings. The molecule has 1 fully saturated rings. The van der Waals surface area contributed by atoms with E-state index in [1.165, 1.54) is 0 Å². The standard InChI is InChI=1S/C5H4F7NO4S2/c1-2(6)3(7,8)4(9,10)5(11,12)19(16,17)13-18(2,14)15/h13H,1H3. The number of rotatable bonds is 0. The van der Waals surface area contributed by atoms with Crippen molar-refractivity contribution < 1.29 is 47.6 Å². The van der Waals surface area contributed by atoms with E-state index >= 15 is 0 Å². The number of sulfonamides is 2. The molecular formula is C5H4F7NO4S2. The summed E-state index contributed by atoms with van der Waals surface area (Å²) in [6.45, 7) is -0.653. The monoisotopic (exact) mass is 339 g/mol. The smallest absolute Gasteiger partial charge is 0.218 e. The van der Waals surface area contributed by atoms with Crippen LogP contribution in [0.25, 0.3) is 0 Å². The Morgan fingerprint density at radius 2 is 1.11 bits per heavy atom. The molecule has 114 valence electrons. The van der Waals surface area contributed by atoms with E-state index in [1.54, 1.807) is 0 Å². The molecule has 0 aromatic heterocycles. The average Bonchev–Trinajstić information content (AvgIpc) is 2.14. The summed E-state index contributed by atoms with van der Waals surface area (Å²) in [5, 5.41) is -11.8. The summed E-state index contributed by atoms with van der Waals surface area (Å²) in [6, 6.07) is 0. The fourth-order valence-corrected chi connectivity index (χ4v) is 4.21. The van der Waals surface area contributed by atoms with Gasteiger partial charge in [-0.15, -0.1) is 4.13 Å². The zero-order valence-electron chi connectivity index (χ0n) is 8.60. The topological polar surface area (TPSA) is 80.3 Å². The Kier molecular flexibility index (Phi) is 3.04. The van der Waals surface area contributed by atoms with Crippen LogP contribution in [0.4, 0.5) is 30.7 Å². The molecule has 14 heteroatoms. The third-order valence-electron chi connectivity index (χ3n) is 2.38. The van der Waals surface area contributed by atoms with Gasteiger partial charge in [-0.3, -0.25) is 0 Å². The zero-order valence-corrected chi connectivity index (χ0v) is 10.2. The Hall–Kier alpha value is -0.630. The average molecular weight is 339 g/mol. The van der Waals surface area contributed by atoms with Gasteiger partial charge in [0.05, 0.1) is 0 Å². The molecule has 1 unspecified atom stereocenters. The molecule has 0 saturated carbocycles. The van der Waals surface area contributed by atoms with Gasteiger partial charge in [0.2, 0.25) is 0 Å². The van der Waals surface area contributed by atoms with Crippen LogP contribution in [0.3, 0.4) is 0 Å². The highest BCUT2D eigenvalue weighted by Crippen LogP contribution is 2.56. The number of hydrogen-bond donors (Lipinski definition) is 1. The van der Waals surface area contributed by atoms with Gasteiger partial charge in [-0.25, -0.2) is 21.2 Å². The van der Waals surface area contributed by atoms with Crippen LogP contribution in [-0.4, -0.2) is 38.9 Å². The van der Waals surface area contributed by atoms with E-state index in [9.17, 15) is 47.6 Å². The van der Waals surface area contributed by atoms with Crippen LogP contribution in [-0.2, 0) is 20.0 Å². The van der Waals surface area contributed by atoms with E-state index in [4.69, 9.17) is 0 Å². The maximum absolute atomic E-state index is 13.4. The molecule has 1 rings (SSSR count). The molecule has 0 aromatic carbocycles. The van der Waals surface area contributed by atoms with E-state index in [2.05, 4.69) is 0 Å². The number of hydrogen-bond acceptors (Lipinski definition) is 4. The Morgan fingerprint density at radius 3 is 1.47 bits per heavy atom. The lowest BCUT2D eigenvalue weighted by molar-refractivity contribution is -0.302. The van der Waals surface area contributed by atoms with E-state index in [-0.39, 0.29) is 4.13 Å². The molecule has 5 nitrogen and oxygen atoms in total. The second-order valence-electron chi connectivity index (χ2n) is 3.67. The third kappa shape index (κ3) is 1.62. The summed E-state index contributed by atoms with van der Waals surface area (Å²) in [7, 11) is -13.2. The van der Waals surface area contributed by atoms with Crippen LogP contribution >= 0.6 is 0 Å². The van der Waals surface area contributed by atoms with E-state index in [0.717, 1.165) is 0 Å². The largest absolute Gasteiger partial charge is 0.427 e. The SMILES string of the molecule is CC1(F)C(F)(F)C(F)(F)C(F)(F)S(=O)(=O)NS1(=O)=O. The minimum absolute atomic E-state index is 0.154. The Labute approximate surface area is 101 Å². The van der Waals surface area contributed by atoms with Crippen molar-refractivity contribution in [3.63, 3.8) is 0 Å². The highest BCUT2D eigenvalue weighted by atomic mass is 32.3. The summed E-state index contributed by atoms with van der Waals surface area (Å²) in [5.41, 5.74) is 0. The quantitative estimate of drug-likeness (QED) is 0.662. The molecule has 1 N–H and O–H groups in total. The van der Waals surface area contributed by atoms with Gasteiger partial charge < -0.3 is 0 Å². The fraction of sp³-hybridized carbons (Fsp3) is 1.00. The molecule has 0 amide bonds. The molecule has 0 radical (unpaired) electrons. The molecule has 1 atom stereocenters. The van der Waals surface area contributed by atoms with Crippen molar-refractivity contribution in [2.45, 2.75) is 29.0 Å². The van der Waals surface area contributed by atoms with Crippen molar-refractivity contribution in [2.75, 3.05) is 0 Å². The van der Waals surface area contributed by atoms with E-state index in [1.807, 2.05) is 0 Å². The lowest BCUT2D eigenvalue weighted by Gasteiger charge is -2.33. The molecule has 0 spiro atoms. The van der Waals surface area contributed by atoms with Crippen LogP contribution in [0.15, 0.2) is 0 Å². The van der Waals surface area contributed by atoms with Crippen molar-refractivity contribution in [1.82, 2.24) is 4.13 Å². The molecule has 0 bridgehead atoms. The zero-order chi connectivity index (χ0) is 15.7. The van der Waals surface area contributed by atoms with Gasteiger partial charge >= 0.3 is 17.1 Å². The Bertz CT molecular complexity index is 553. The molecule has 1 aliphatic heterocycles. The molecule has 1 aliphatic rings. The summed E-state index contributed by atoms with van der Waals surface area (Å²) in [6.07, 6.45) is 0. The van der Waals surface area contributed by atoms with Gasteiger partial charge in [0.25, 0.3) is 25.0 Å². The lowest BCUT2D eigenvalue weighted by Crippen LogP contribution is -2.63. The first-order valence-electron chi connectivity index (χ1n) is 4.06.